The summed E-state index contributed by atoms with van der Waals surface area (Å²) >= 11 is 0. The summed E-state index contributed by atoms with van der Waals surface area (Å²) in [5.74, 6) is 1.30. The number of nitrogens with one attached hydrogen (secondary N) is 1. The van der Waals surface area contributed by atoms with Crippen LogP contribution in [-0.4, -0.2) is 27.2 Å². The lowest BCUT2D eigenvalue weighted by Gasteiger charge is -2.13. The van der Waals surface area contributed by atoms with Crippen molar-refractivity contribution in [2.75, 3.05) is 26.6 Å². The summed E-state index contributed by atoms with van der Waals surface area (Å²) in [6, 6.07) is 8.68. The highest BCUT2D eigenvalue weighted by Gasteiger charge is 2.18. The molecular weight excluding hydrogens is 374 g/mol. The average molecular weight is 397 g/mol. The van der Waals surface area contributed by atoms with E-state index in [1.165, 1.54) is 14.2 Å². The molecule has 0 aliphatic heterocycles. The number of hydrogen-bond acceptors (Lipinski definition) is 6. The maximum Gasteiger partial charge on any atom is 0.340 e. The van der Waals surface area contributed by atoms with Crippen molar-refractivity contribution in [3.8, 4) is 17.2 Å². The Bertz CT molecular complexity index is 1130. The van der Waals surface area contributed by atoms with Crippen molar-refractivity contribution in [3.05, 3.63) is 57.4 Å². The van der Waals surface area contributed by atoms with Crippen molar-refractivity contribution in [3.63, 3.8) is 0 Å². The molecule has 0 saturated heterocycles. The molecule has 0 radical (unpaired) electrons. The molecular formula is C22H23NO6. The van der Waals surface area contributed by atoms with Gasteiger partial charge in [-0.05, 0) is 49.2 Å². The third kappa shape index (κ3) is 4.03. The summed E-state index contributed by atoms with van der Waals surface area (Å²) < 4.78 is 21.3. The van der Waals surface area contributed by atoms with Crippen LogP contribution < -0.4 is 25.2 Å². The fourth-order valence-corrected chi connectivity index (χ4v) is 3.28. The SMILES string of the molecule is COc1ccc(NC(=O)Cc2c(C)c3c(OC)cc(C)cc3oc2=O)cc1OC. The van der Waals surface area contributed by atoms with Crippen molar-refractivity contribution in [2.45, 2.75) is 20.3 Å². The molecule has 0 spiro atoms. The first-order chi connectivity index (χ1) is 13.9. The Kier molecular flexibility index (Phi) is 5.77. The number of methoxy groups -OCH3 is 3. The van der Waals surface area contributed by atoms with E-state index in [4.69, 9.17) is 18.6 Å². The van der Waals surface area contributed by atoms with Crippen molar-refractivity contribution in [1.29, 1.82) is 0 Å². The Balaban J connectivity index is 1.93. The van der Waals surface area contributed by atoms with Gasteiger partial charge >= 0.3 is 5.63 Å². The number of carbonyl (C=O) groups excluding carboxylic acids is 1. The zero-order valence-electron chi connectivity index (χ0n) is 17.0. The van der Waals surface area contributed by atoms with E-state index in [2.05, 4.69) is 5.32 Å². The van der Waals surface area contributed by atoms with Gasteiger partial charge in [-0.2, -0.15) is 0 Å². The molecule has 152 valence electrons. The van der Waals surface area contributed by atoms with Crippen LogP contribution in [0.1, 0.15) is 16.7 Å². The Morgan fingerprint density at radius 3 is 2.31 bits per heavy atom. The van der Waals surface area contributed by atoms with Crippen LogP contribution >= 0.6 is 0 Å². The molecule has 7 nitrogen and oxygen atoms in total. The van der Waals surface area contributed by atoms with E-state index in [0.717, 1.165) is 5.56 Å². The van der Waals surface area contributed by atoms with Crippen LogP contribution in [0, 0.1) is 13.8 Å². The van der Waals surface area contributed by atoms with Crippen molar-refractivity contribution >= 4 is 22.6 Å². The van der Waals surface area contributed by atoms with Crippen LogP contribution in [0.25, 0.3) is 11.0 Å². The standard InChI is InChI=1S/C22H23NO6/c1-12-8-18(28-5)21-13(2)15(22(25)29-19(21)9-12)11-20(24)23-14-6-7-16(26-3)17(10-14)27-4/h6-10H,11H2,1-5H3,(H,23,24). The number of aryl methyl sites for hydroxylation is 2. The number of carbonyl (C=O) groups is 1. The Labute approximate surface area is 168 Å². The molecule has 29 heavy (non-hydrogen) atoms. The number of ether oxygens (including phenoxy) is 3. The lowest BCUT2D eigenvalue weighted by molar-refractivity contribution is -0.115. The highest BCUT2D eigenvalue weighted by Crippen LogP contribution is 2.32. The van der Waals surface area contributed by atoms with Gasteiger partial charge in [-0.15, -0.1) is 0 Å². The smallest absolute Gasteiger partial charge is 0.340 e. The normalized spacial score (nSPS) is 10.7. The van der Waals surface area contributed by atoms with Crippen LogP contribution in [0.2, 0.25) is 0 Å². The molecule has 0 aliphatic rings. The number of rotatable bonds is 6. The van der Waals surface area contributed by atoms with Crippen molar-refractivity contribution in [1.82, 2.24) is 0 Å². The predicted molar refractivity (Wildman–Crippen MR) is 110 cm³/mol. The fraction of sp³-hybridized carbons (Fsp3) is 0.273. The second kappa shape index (κ2) is 8.26. The molecule has 0 fully saturated rings. The molecule has 1 amide bonds. The lowest BCUT2D eigenvalue weighted by Crippen LogP contribution is -2.20. The molecule has 3 rings (SSSR count). The molecule has 1 aromatic heterocycles. The Morgan fingerprint density at radius 2 is 1.66 bits per heavy atom. The summed E-state index contributed by atoms with van der Waals surface area (Å²) in [6.07, 6.45) is -0.129. The molecule has 0 atom stereocenters. The minimum atomic E-state index is -0.537. The van der Waals surface area contributed by atoms with E-state index in [1.54, 1.807) is 38.3 Å². The molecule has 2 aromatic carbocycles. The summed E-state index contributed by atoms with van der Waals surface area (Å²) in [7, 11) is 4.61. The number of hydrogen-bond donors (Lipinski definition) is 1. The summed E-state index contributed by atoms with van der Waals surface area (Å²) in [5, 5.41) is 3.46. The maximum absolute atomic E-state index is 12.6. The van der Waals surface area contributed by atoms with Gasteiger partial charge in [0.15, 0.2) is 11.5 Å². The average Bonchev–Trinajstić information content (AvgIpc) is 2.69. The van der Waals surface area contributed by atoms with Gasteiger partial charge < -0.3 is 23.9 Å². The van der Waals surface area contributed by atoms with Crippen LogP contribution in [0.3, 0.4) is 0 Å². The first-order valence-corrected chi connectivity index (χ1v) is 9.00. The molecule has 7 heteroatoms. The van der Waals surface area contributed by atoms with Gasteiger partial charge in [0.05, 0.1) is 38.7 Å². The first kappa shape index (κ1) is 20.3. The van der Waals surface area contributed by atoms with Crippen LogP contribution in [-0.2, 0) is 11.2 Å². The van der Waals surface area contributed by atoms with Gasteiger partial charge in [0, 0.05) is 11.8 Å². The van der Waals surface area contributed by atoms with Gasteiger partial charge in [-0.25, -0.2) is 4.79 Å². The van der Waals surface area contributed by atoms with E-state index < -0.39 is 5.63 Å². The predicted octanol–water partition coefficient (Wildman–Crippen LogP) is 3.62. The molecule has 0 unspecified atom stereocenters. The van der Waals surface area contributed by atoms with E-state index in [9.17, 15) is 9.59 Å². The number of amides is 1. The lowest BCUT2D eigenvalue weighted by atomic mass is 10.0. The molecule has 0 saturated carbocycles. The molecule has 1 heterocycles. The monoisotopic (exact) mass is 397 g/mol. The zero-order chi connectivity index (χ0) is 21.1. The van der Waals surface area contributed by atoms with Crippen LogP contribution in [0.4, 0.5) is 5.69 Å². The summed E-state index contributed by atoms with van der Waals surface area (Å²) in [4.78, 5) is 25.1. The van der Waals surface area contributed by atoms with E-state index in [0.29, 0.717) is 39.5 Å². The van der Waals surface area contributed by atoms with Gasteiger partial charge in [0.1, 0.15) is 11.3 Å². The highest BCUT2D eigenvalue weighted by molar-refractivity contribution is 5.94. The first-order valence-electron chi connectivity index (χ1n) is 9.00. The Hall–Kier alpha value is -3.48. The minimum absolute atomic E-state index is 0.129. The van der Waals surface area contributed by atoms with Crippen LogP contribution in [0.15, 0.2) is 39.5 Å². The number of anilines is 1. The molecule has 3 aromatic rings. The molecule has 0 bridgehead atoms. The fourth-order valence-electron chi connectivity index (χ4n) is 3.28. The van der Waals surface area contributed by atoms with Crippen molar-refractivity contribution < 1.29 is 23.4 Å². The molecule has 0 aliphatic carbocycles. The summed E-state index contributed by atoms with van der Waals surface area (Å²) in [6.45, 7) is 3.68. The van der Waals surface area contributed by atoms with Crippen molar-refractivity contribution in [2.24, 2.45) is 0 Å². The van der Waals surface area contributed by atoms with Gasteiger partial charge in [0.2, 0.25) is 5.91 Å². The minimum Gasteiger partial charge on any atom is -0.496 e. The summed E-state index contributed by atoms with van der Waals surface area (Å²) in [5.41, 5.74) is 2.30. The van der Waals surface area contributed by atoms with Gasteiger partial charge in [-0.1, -0.05) is 0 Å². The highest BCUT2D eigenvalue weighted by atomic mass is 16.5. The zero-order valence-corrected chi connectivity index (χ0v) is 17.0. The third-order valence-electron chi connectivity index (χ3n) is 4.71. The number of benzene rings is 2. The van der Waals surface area contributed by atoms with Gasteiger partial charge in [-0.3, -0.25) is 4.79 Å². The topological polar surface area (TPSA) is 87.0 Å². The van der Waals surface area contributed by atoms with E-state index in [-0.39, 0.29) is 17.9 Å². The van der Waals surface area contributed by atoms with E-state index in [1.807, 2.05) is 13.0 Å². The molecule has 1 N–H and O–H groups in total. The van der Waals surface area contributed by atoms with Gasteiger partial charge in [0.25, 0.3) is 0 Å². The largest absolute Gasteiger partial charge is 0.496 e. The maximum atomic E-state index is 12.6. The quantitative estimate of drug-likeness (QED) is 0.640. The Morgan fingerprint density at radius 1 is 0.966 bits per heavy atom. The van der Waals surface area contributed by atoms with Crippen LogP contribution in [0.5, 0.6) is 17.2 Å². The third-order valence-corrected chi connectivity index (χ3v) is 4.71. The van der Waals surface area contributed by atoms with E-state index >= 15 is 0 Å². The number of fused-ring (bicyclic) bond motifs is 1. The second-order valence-electron chi connectivity index (χ2n) is 6.63. The second-order valence-corrected chi connectivity index (χ2v) is 6.63.